The highest BCUT2D eigenvalue weighted by Crippen LogP contribution is 1.94. The van der Waals surface area contributed by atoms with Gasteiger partial charge in [0.05, 0.1) is 0 Å². The number of hydrogen-bond acceptors (Lipinski definition) is 0. The lowest BCUT2D eigenvalue weighted by molar-refractivity contribution is 0.826. The van der Waals surface area contributed by atoms with E-state index in [-0.39, 0.29) is 0 Å². The first-order chi connectivity index (χ1) is 6.54. The van der Waals surface area contributed by atoms with E-state index in [9.17, 15) is 0 Å². The van der Waals surface area contributed by atoms with Crippen molar-refractivity contribution in [3.05, 3.63) is 24.3 Å². The molecule has 14 heavy (non-hydrogen) atoms. The number of hydrogen-bond donors (Lipinski definition) is 0. The van der Waals surface area contributed by atoms with E-state index in [1.165, 1.54) is 0 Å². The van der Waals surface area contributed by atoms with Gasteiger partial charge in [0.15, 0.2) is 0 Å². The fourth-order valence-electron chi connectivity index (χ4n) is 0.816. The Bertz CT molecular complexity index is 120. The van der Waals surface area contributed by atoms with E-state index < -0.39 is 0 Å². The molecule has 0 bridgehead atoms. The van der Waals surface area contributed by atoms with Gasteiger partial charge >= 0.3 is 0 Å². The van der Waals surface area contributed by atoms with Crippen LogP contribution in [-0.2, 0) is 0 Å². The molecule has 0 amide bonds. The first-order valence-electron chi connectivity index (χ1n) is 5.87. The van der Waals surface area contributed by atoms with E-state index in [0.29, 0.717) is 0 Å². The van der Waals surface area contributed by atoms with E-state index >= 15 is 0 Å². The minimum absolute atomic E-state index is 0.722. The predicted molar refractivity (Wildman–Crippen MR) is 68.5 cm³/mol. The van der Waals surface area contributed by atoms with Gasteiger partial charge in [0.25, 0.3) is 0 Å². The highest BCUT2D eigenvalue weighted by molar-refractivity contribution is 4.83. The Hall–Kier alpha value is -0.520. The van der Waals surface area contributed by atoms with Crippen LogP contribution in [0.1, 0.15) is 54.4 Å². The molecule has 0 fully saturated rings. The average molecular weight is 196 g/mol. The third-order valence-electron chi connectivity index (χ3n) is 1.51. The van der Waals surface area contributed by atoms with Crippen LogP contribution in [0.4, 0.5) is 0 Å². The molecule has 0 unspecified atom stereocenters. The molecule has 0 aromatic heterocycles. The summed E-state index contributed by atoms with van der Waals surface area (Å²) in [5, 5.41) is 0. The highest BCUT2D eigenvalue weighted by atomic mass is 13.9. The molecular formula is C14H28. The third-order valence-corrected chi connectivity index (χ3v) is 1.51. The van der Waals surface area contributed by atoms with Crippen molar-refractivity contribution >= 4 is 0 Å². The summed E-state index contributed by atoms with van der Waals surface area (Å²) in [5.74, 6) is 1.44. The molecule has 0 aliphatic carbocycles. The molecule has 0 saturated heterocycles. The Labute approximate surface area is 91.1 Å². The van der Waals surface area contributed by atoms with Gasteiger partial charge in [-0.05, 0) is 24.7 Å². The van der Waals surface area contributed by atoms with Gasteiger partial charge in [-0.1, -0.05) is 65.8 Å². The Morgan fingerprint density at radius 3 is 1.07 bits per heavy atom. The Kier molecular flexibility index (Phi) is 14.2. The molecule has 0 heterocycles. The minimum atomic E-state index is 0.722. The maximum atomic E-state index is 2.22. The molecule has 0 aromatic carbocycles. The van der Waals surface area contributed by atoms with E-state index in [4.69, 9.17) is 0 Å². The molecule has 0 aliphatic heterocycles. The Morgan fingerprint density at radius 2 is 1.00 bits per heavy atom. The summed E-state index contributed by atoms with van der Waals surface area (Å²) in [6.45, 7) is 13.0. The first-order valence-corrected chi connectivity index (χ1v) is 5.87. The smallest absolute Gasteiger partial charge is 0.0290 e. The van der Waals surface area contributed by atoms with Gasteiger partial charge in [-0.2, -0.15) is 0 Å². The standard InChI is InChI=1S/2C7H14/c2*1-4-5-6-7(2)3/h2*5-7H,4H2,1-3H3/b2*6-5+. The van der Waals surface area contributed by atoms with E-state index in [0.717, 1.165) is 24.7 Å². The van der Waals surface area contributed by atoms with Crippen LogP contribution in [0.3, 0.4) is 0 Å². The van der Waals surface area contributed by atoms with Gasteiger partial charge in [0, 0.05) is 0 Å². The minimum Gasteiger partial charge on any atom is -0.0886 e. The summed E-state index contributed by atoms with van der Waals surface area (Å²) in [6.07, 6.45) is 11.2. The largest absolute Gasteiger partial charge is 0.0886 e. The quantitative estimate of drug-likeness (QED) is 0.541. The predicted octanol–water partition coefficient (Wildman–Crippen LogP) is 5.22. The molecule has 0 nitrogen and oxygen atoms in total. The zero-order valence-corrected chi connectivity index (χ0v) is 10.9. The van der Waals surface area contributed by atoms with E-state index in [2.05, 4.69) is 65.8 Å². The normalized spacial score (nSPS) is 11.4. The van der Waals surface area contributed by atoms with Gasteiger partial charge in [-0.25, -0.2) is 0 Å². The fraction of sp³-hybridized carbons (Fsp3) is 0.714. The first kappa shape index (κ1) is 15.9. The summed E-state index contributed by atoms with van der Waals surface area (Å²) in [6, 6.07) is 0. The van der Waals surface area contributed by atoms with Crippen LogP contribution in [0, 0.1) is 11.8 Å². The van der Waals surface area contributed by atoms with Crippen molar-refractivity contribution in [2.75, 3.05) is 0 Å². The van der Waals surface area contributed by atoms with Crippen LogP contribution in [0.2, 0.25) is 0 Å². The maximum absolute atomic E-state index is 2.22. The molecule has 0 N–H and O–H groups in total. The van der Waals surface area contributed by atoms with Crippen LogP contribution in [0.5, 0.6) is 0 Å². The third kappa shape index (κ3) is 22.5. The monoisotopic (exact) mass is 196 g/mol. The lowest BCUT2D eigenvalue weighted by Gasteiger charge is -1.88. The van der Waals surface area contributed by atoms with Gasteiger partial charge in [0.2, 0.25) is 0 Å². The SMILES string of the molecule is CC/C=C/C(C)C.CC/C=C/C(C)C. The van der Waals surface area contributed by atoms with Crippen molar-refractivity contribution in [1.82, 2.24) is 0 Å². The summed E-state index contributed by atoms with van der Waals surface area (Å²) in [4.78, 5) is 0. The van der Waals surface area contributed by atoms with Gasteiger partial charge < -0.3 is 0 Å². The Morgan fingerprint density at radius 1 is 0.714 bits per heavy atom. The van der Waals surface area contributed by atoms with Crippen molar-refractivity contribution in [1.29, 1.82) is 0 Å². The molecule has 0 spiro atoms. The molecule has 0 atom stereocenters. The summed E-state index contributed by atoms with van der Waals surface area (Å²) in [7, 11) is 0. The average Bonchev–Trinajstić information content (AvgIpc) is 2.12. The molecule has 0 heteroatoms. The van der Waals surface area contributed by atoms with Crippen LogP contribution in [0.15, 0.2) is 24.3 Å². The van der Waals surface area contributed by atoms with E-state index in [1.54, 1.807) is 0 Å². The molecule has 0 aromatic rings. The Balaban J connectivity index is 0. The van der Waals surface area contributed by atoms with Crippen LogP contribution >= 0.6 is 0 Å². The lowest BCUT2D eigenvalue weighted by atomic mass is 10.2. The molecule has 0 aliphatic rings. The molecular weight excluding hydrogens is 168 g/mol. The van der Waals surface area contributed by atoms with Crippen molar-refractivity contribution in [3.8, 4) is 0 Å². The number of allylic oxidation sites excluding steroid dienone is 4. The molecule has 84 valence electrons. The second-order valence-corrected chi connectivity index (χ2v) is 4.16. The van der Waals surface area contributed by atoms with Crippen molar-refractivity contribution < 1.29 is 0 Å². The summed E-state index contributed by atoms with van der Waals surface area (Å²) < 4.78 is 0. The van der Waals surface area contributed by atoms with E-state index in [1.807, 2.05) is 0 Å². The van der Waals surface area contributed by atoms with Crippen molar-refractivity contribution in [3.63, 3.8) is 0 Å². The van der Waals surface area contributed by atoms with Crippen molar-refractivity contribution in [2.45, 2.75) is 54.4 Å². The molecule has 0 rings (SSSR count). The fourth-order valence-corrected chi connectivity index (χ4v) is 0.816. The van der Waals surface area contributed by atoms with Crippen LogP contribution < -0.4 is 0 Å². The van der Waals surface area contributed by atoms with Gasteiger partial charge in [-0.15, -0.1) is 0 Å². The number of rotatable bonds is 4. The van der Waals surface area contributed by atoms with Gasteiger partial charge in [0.1, 0.15) is 0 Å². The highest BCUT2D eigenvalue weighted by Gasteiger charge is 1.79. The van der Waals surface area contributed by atoms with Crippen LogP contribution in [0.25, 0.3) is 0 Å². The zero-order valence-electron chi connectivity index (χ0n) is 10.9. The second-order valence-electron chi connectivity index (χ2n) is 4.16. The molecule has 0 radical (unpaired) electrons. The maximum Gasteiger partial charge on any atom is -0.0290 e. The second kappa shape index (κ2) is 12.5. The lowest BCUT2D eigenvalue weighted by Crippen LogP contribution is -1.74. The zero-order chi connectivity index (χ0) is 11.4. The molecule has 0 saturated carbocycles. The summed E-state index contributed by atoms with van der Waals surface area (Å²) in [5.41, 5.74) is 0. The topological polar surface area (TPSA) is 0 Å². The van der Waals surface area contributed by atoms with Gasteiger partial charge in [-0.3, -0.25) is 0 Å². The van der Waals surface area contributed by atoms with Crippen LogP contribution in [-0.4, -0.2) is 0 Å². The van der Waals surface area contributed by atoms with Crippen molar-refractivity contribution in [2.24, 2.45) is 11.8 Å². The summed E-state index contributed by atoms with van der Waals surface area (Å²) >= 11 is 0.